The molecule has 0 aliphatic heterocycles. The fourth-order valence-corrected chi connectivity index (χ4v) is 2.94. The molecule has 10 heteroatoms. The van der Waals surface area contributed by atoms with E-state index in [0.717, 1.165) is 12.5 Å². The summed E-state index contributed by atoms with van der Waals surface area (Å²) in [7, 11) is 0. The van der Waals surface area contributed by atoms with Gasteiger partial charge in [0.05, 0.1) is 0 Å². The van der Waals surface area contributed by atoms with E-state index < -0.39 is 36.3 Å². The van der Waals surface area contributed by atoms with E-state index in [1.165, 1.54) is 6.92 Å². The van der Waals surface area contributed by atoms with E-state index in [4.69, 9.17) is 18.9 Å². The molecule has 3 unspecified atom stereocenters. The Kier molecular flexibility index (Phi) is 14.3. The predicted molar refractivity (Wildman–Crippen MR) is 127 cm³/mol. The van der Waals surface area contributed by atoms with Crippen molar-refractivity contribution in [3.8, 4) is 0 Å². The van der Waals surface area contributed by atoms with E-state index in [0.29, 0.717) is 19.5 Å². The summed E-state index contributed by atoms with van der Waals surface area (Å²) in [5.74, 6) is -0.842. The van der Waals surface area contributed by atoms with Crippen LogP contribution in [0.4, 0.5) is 9.59 Å². The average molecular weight is 485 g/mol. The van der Waals surface area contributed by atoms with Crippen LogP contribution in [0.25, 0.3) is 0 Å². The van der Waals surface area contributed by atoms with Crippen LogP contribution in [0.2, 0.25) is 0 Å². The first kappa shape index (κ1) is 31.0. The molecule has 194 valence electrons. The van der Waals surface area contributed by atoms with E-state index in [1.807, 2.05) is 13.8 Å². The molecule has 0 radical (unpaired) electrons. The molecule has 0 aromatic heterocycles. The molecule has 0 aliphatic rings. The highest BCUT2D eigenvalue weighted by molar-refractivity contribution is 5.86. The first-order valence-electron chi connectivity index (χ1n) is 11.3. The second-order valence-electron chi connectivity index (χ2n) is 9.19. The van der Waals surface area contributed by atoms with E-state index in [2.05, 4.69) is 30.7 Å². The quantitative estimate of drug-likeness (QED) is 0.205. The smallest absolute Gasteiger partial charge is 0.407 e. The zero-order valence-electron chi connectivity index (χ0n) is 21.2. The van der Waals surface area contributed by atoms with Crippen LogP contribution in [-0.4, -0.2) is 62.6 Å². The van der Waals surface area contributed by atoms with E-state index in [1.54, 1.807) is 13.8 Å². The molecular formula is C24H40N2O8. The standard InChI is InChI=1S/C24H40N2O8/c1-9-20(27)31-13-18(5)34-23(30)26-15-24(7,8)12-17(4)10-11-25-22(29)33-19(6)14-32-21(28)16(2)3/h9,17-19H,1-2,10-15H2,3-8H3,(H,25,29)(H,26,30). The van der Waals surface area contributed by atoms with Crippen molar-refractivity contribution in [3.05, 3.63) is 24.8 Å². The number of carbonyl (C=O) groups is 4. The van der Waals surface area contributed by atoms with Crippen molar-refractivity contribution in [2.75, 3.05) is 26.3 Å². The second-order valence-corrected chi connectivity index (χ2v) is 9.19. The Hall–Kier alpha value is -3.04. The molecule has 2 amide bonds. The van der Waals surface area contributed by atoms with E-state index in [9.17, 15) is 19.2 Å². The van der Waals surface area contributed by atoms with Crippen molar-refractivity contribution in [2.45, 2.75) is 66.6 Å². The monoisotopic (exact) mass is 484 g/mol. The lowest BCUT2D eigenvalue weighted by atomic mass is 9.82. The molecule has 0 saturated carbocycles. The second kappa shape index (κ2) is 15.7. The summed E-state index contributed by atoms with van der Waals surface area (Å²) in [5.41, 5.74) is 0.0702. The lowest BCUT2D eigenvalue weighted by Gasteiger charge is -2.28. The molecule has 0 heterocycles. The summed E-state index contributed by atoms with van der Waals surface area (Å²) < 4.78 is 20.1. The molecule has 0 aromatic rings. The fraction of sp³-hybridized carbons (Fsp3) is 0.667. The molecule has 0 fully saturated rings. The van der Waals surface area contributed by atoms with Crippen LogP contribution in [0.1, 0.15) is 54.4 Å². The van der Waals surface area contributed by atoms with Crippen LogP contribution in [0.15, 0.2) is 24.8 Å². The molecule has 34 heavy (non-hydrogen) atoms. The van der Waals surface area contributed by atoms with Crippen molar-refractivity contribution in [1.82, 2.24) is 10.6 Å². The van der Waals surface area contributed by atoms with Crippen molar-refractivity contribution in [2.24, 2.45) is 11.3 Å². The third-order valence-electron chi connectivity index (χ3n) is 4.56. The third-order valence-corrected chi connectivity index (χ3v) is 4.56. The Morgan fingerprint density at radius 3 is 2.00 bits per heavy atom. The van der Waals surface area contributed by atoms with Gasteiger partial charge in [0.15, 0.2) is 0 Å². The average Bonchev–Trinajstić information content (AvgIpc) is 2.73. The number of carbonyl (C=O) groups excluding carboxylic acids is 4. The van der Waals surface area contributed by atoms with Crippen LogP contribution < -0.4 is 10.6 Å². The summed E-state index contributed by atoms with van der Waals surface area (Å²) >= 11 is 0. The van der Waals surface area contributed by atoms with Crippen molar-refractivity contribution in [3.63, 3.8) is 0 Å². The normalized spacial score (nSPS) is 13.5. The minimum absolute atomic E-state index is 0.0438. The first-order chi connectivity index (χ1) is 15.8. The molecule has 0 aliphatic carbocycles. The highest BCUT2D eigenvalue weighted by Gasteiger charge is 2.23. The van der Waals surface area contributed by atoms with Crippen LogP contribution in [0.5, 0.6) is 0 Å². The van der Waals surface area contributed by atoms with Gasteiger partial charge in [-0.05, 0) is 44.9 Å². The van der Waals surface area contributed by atoms with Gasteiger partial charge in [0, 0.05) is 24.7 Å². The SMILES string of the molecule is C=CC(=O)OCC(C)OC(=O)NCC(C)(C)CC(C)CCNC(=O)OC(C)COC(=O)C(=C)C. The van der Waals surface area contributed by atoms with Crippen LogP contribution in [0, 0.1) is 11.3 Å². The lowest BCUT2D eigenvalue weighted by Crippen LogP contribution is -2.37. The Morgan fingerprint density at radius 1 is 0.941 bits per heavy atom. The highest BCUT2D eigenvalue weighted by Crippen LogP contribution is 2.26. The van der Waals surface area contributed by atoms with Gasteiger partial charge in [-0.1, -0.05) is 33.9 Å². The number of ether oxygens (including phenoxy) is 4. The van der Waals surface area contributed by atoms with Gasteiger partial charge >= 0.3 is 24.1 Å². The van der Waals surface area contributed by atoms with Crippen molar-refractivity contribution < 1.29 is 38.1 Å². The van der Waals surface area contributed by atoms with E-state index >= 15 is 0 Å². The summed E-state index contributed by atoms with van der Waals surface area (Å²) in [6, 6.07) is 0. The molecule has 0 bridgehead atoms. The predicted octanol–water partition coefficient (Wildman–Crippen LogP) is 3.51. The van der Waals surface area contributed by atoms with Gasteiger partial charge in [0.1, 0.15) is 25.4 Å². The molecule has 0 rings (SSSR count). The number of nitrogens with one attached hydrogen (secondary N) is 2. The summed E-state index contributed by atoms with van der Waals surface area (Å²) in [5, 5.41) is 5.42. The summed E-state index contributed by atoms with van der Waals surface area (Å²) in [4.78, 5) is 46.2. The van der Waals surface area contributed by atoms with Crippen LogP contribution in [0.3, 0.4) is 0 Å². The fourth-order valence-electron chi connectivity index (χ4n) is 2.94. The number of hydrogen-bond donors (Lipinski definition) is 2. The summed E-state index contributed by atoms with van der Waals surface area (Å²) in [6.45, 7) is 18.4. The number of amides is 2. The Morgan fingerprint density at radius 2 is 1.47 bits per heavy atom. The van der Waals surface area contributed by atoms with E-state index in [-0.39, 0.29) is 30.1 Å². The first-order valence-corrected chi connectivity index (χ1v) is 11.3. The Balaban J connectivity index is 4.15. The number of esters is 2. The van der Waals surface area contributed by atoms with Crippen LogP contribution in [-0.2, 0) is 28.5 Å². The third kappa shape index (κ3) is 15.7. The van der Waals surface area contributed by atoms with Crippen molar-refractivity contribution >= 4 is 24.1 Å². The molecule has 3 atom stereocenters. The number of alkyl carbamates (subject to hydrolysis) is 2. The minimum Gasteiger partial charge on any atom is -0.459 e. The molecule has 0 aromatic carbocycles. The van der Waals surface area contributed by atoms with Gasteiger partial charge in [-0.2, -0.15) is 0 Å². The lowest BCUT2D eigenvalue weighted by molar-refractivity contribution is -0.141. The Labute approximate surface area is 202 Å². The topological polar surface area (TPSA) is 129 Å². The number of rotatable bonds is 15. The minimum atomic E-state index is -0.588. The number of hydrogen-bond acceptors (Lipinski definition) is 8. The van der Waals surface area contributed by atoms with Gasteiger partial charge in [-0.25, -0.2) is 19.2 Å². The maximum absolute atomic E-state index is 12.0. The van der Waals surface area contributed by atoms with Gasteiger partial charge in [-0.3, -0.25) is 0 Å². The van der Waals surface area contributed by atoms with Crippen LogP contribution >= 0.6 is 0 Å². The largest absolute Gasteiger partial charge is 0.459 e. The summed E-state index contributed by atoms with van der Waals surface area (Å²) in [6.07, 6.45) is 0.218. The maximum atomic E-state index is 12.0. The molecule has 2 N–H and O–H groups in total. The zero-order chi connectivity index (χ0) is 26.3. The van der Waals surface area contributed by atoms with Gasteiger partial charge in [-0.15, -0.1) is 0 Å². The van der Waals surface area contributed by atoms with Crippen molar-refractivity contribution in [1.29, 1.82) is 0 Å². The molecule has 10 nitrogen and oxygen atoms in total. The maximum Gasteiger partial charge on any atom is 0.407 e. The van der Waals surface area contributed by atoms with Gasteiger partial charge in [0.25, 0.3) is 0 Å². The highest BCUT2D eigenvalue weighted by atomic mass is 16.6. The van der Waals surface area contributed by atoms with Gasteiger partial charge < -0.3 is 29.6 Å². The molecule has 0 saturated heterocycles. The molecule has 0 spiro atoms. The van der Waals surface area contributed by atoms with Gasteiger partial charge in [0.2, 0.25) is 0 Å². The zero-order valence-corrected chi connectivity index (χ0v) is 21.2. The Bertz CT molecular complexity index is 720. The molecular weight excluding hydrogens is 444 g/mol.